The van der Waals surface area contributed by atoms with Gasteiger partial charge in [0, 0.05) is 27.3 Å². The maximum Gasteiger partial charge on any atom is 0.334 e. The Kier molecular flexibility index (Phi) is 21.3. The number of benzene rings is 2. The Labute approximate surface area is 287 Å². The molecule has 14 heteroatoms. The molecule has 2 aromatic carbocycles. The third kappa shape index (κ3) is 19.9. The van der Waals surface area contributed by atoms with Crippen molar-refractivity contribution in [1.82, 2.24) is 21.4 Å². The lowest BCUT2D eigenvalue weighted by Crippen LogP contribution is -2.49. The molecule has 0 saturated carbocycles. The molecule has 0 unspecified atom stereocenters. The molecule has 0 aliphatic carbocycles. The molecule has 0 saturated heterocycles. The largest absolute Gasteiger partial charge is 0.382 e. The van der Waals surface area contributed by atoms with E-state index in [2.05, 4.69) is 33.6 Å². The molecule has 2 rings (SSSR count). The van der Waals surface area contributed by atoms with Crippen LogP contribution in [0.4, 0.5) is 0 Å². The maximum absolute atomic E-state index is 12.8. The number of methoxy groups -OCH3 is 2. The smallest absolute Gasteiger partial charge is 0.334 e. The van der Waals surface area contributed by atoms with Crippen LogP contribution >= 0.6 is 0 Å². The summed E-state index contributed by atoms with van der Waals surface area (Å²) in [5.41, 5.74) is 5.44. The molecular weight excluding hydrogens is 636 g/mol. The number of hydrogen-bond donors (Lipinski definition) is 4. The molecule has 0 fully saturated rings. The molecule has 49 heavy (non-hydrogen) atoms. The number of ether oxygens (including phenoxy) is 4. The summed E-state index contributed by atoms with van der Waals surface area (Å²) in [6.45, 7) is 0.580. The topological polar surface area (TPSA) is 180 Å². The number of carbonyl (C=O) groups excluding carboxylic acids is 5. The van der Waals surface area contributed by atoms with Gasteiger partial charge in [0.1, 0.15) is 19.3 Å². The lowest BCUT2D eigenvalue weighted by Gasteiger charge is -2.19. The van der Waals surface area contributed by atoms with Gasteiger partial charge in [0.25, 0.3) is 5.91 Å². The minimum atomic E-state index is -1.02. The maximum atomic E-state index is 12.8. The SMILES string of the molecule is COCCOCC(=O)NCC[C@H](NC(=O)COCCOC)C(=O)NCCC(=O)ONC(=O)Cc1ccc(CCCCc2ccccc2)cc1. The molecule has 14 nitrogen and oxygen atoms in total. The van der Waals surface area contributed by atoms with E-state index in [0.717, 1.165) is 31.2 Å². The molecule has 0 bridgehead atoms. The number of aryl methyl sites for hydroxylation is 2. The van der Waals surface area contributed by atoms with Gasteiger partial charge in [-0.05, 0) is 48.8 Å². The number of nitrogens with one attached hydrogen (secondary N) is 4. The van der Waals surface area contributed by atoms with E-state index in [1.807, 2.05) is 42.5 Å². The van der Waals surface area contributed by atoms with E-state index in [9.17, 15) is 24.0 Å². The van der Waals surface area contributed by atoms with Crippen molar-refractivity contribution in [1.29, 1.82) is 0 Å². The minimum absolute atomic E-state index is 0.0324. The van der Waals surface area contributed by atoms with Gasteiger partial charge < -0.3 is 39.7 Å². The summed E-state index contributed by atoms with van der Waals surface area (Å²) in [6, 6.07) is 17.1. The standard InChI is InChI=1S/C35H50N4O10/c1-45-20-22-47-25-32(41)36-18-16-30(38-33(42)26-48-23-21-46-2)35(44)37-19-17-34(43)49-39-31(40)24-29-14-12-28(13-15-29)11-7-6-10-27-8-4-3-5-9-27/h3-5,8-9,12-15,30H,6-7,10-11,16-26H2,1-2H3,(H,36,41)(H,37,44)(H,38,42)(H,39,40)/t30-/m0/s1. The van der Waals surface area contributed by atoms with Crippen molar-refractivity contribution in [3.05, 3.63) is 71.3 Å². The highest BCUT2D eigenvalue weighted by molar-refractivity contribution is 5.88. The van der Waals surface area contributed by atoms with Crippen molar-refractivity contribution in [3.63, 3.8) is 0 Å². The fourth-order valence-corrected chi connectivity index (χ4v) is 4.45. The van der Waals surface area contributed by atoms with Crippen LogP contribution in [0, 0.1) is 0 Å². The Morgan fingerprint density at radius 3 is 1.88 bits per heavy atom. The first-order chi connectivity index (χ1) is 23.8. The Hall–Kier alpha value is -4.37. The van der Waals surface area contributed by atoms with E-state index in [1.165, 1.54) is 25.3 Å². The van der Waals surface area contributed by atoms with Crippen LogP contribution < -0.4 is 21.4 Å². The summed E-state index contributed by atoms with van der Waals surface area (Å²) >= 11 is 0. The van der Waals surface area contributed by atoms with E-state index in [-0.39, 0.29) is 58.8 Å². The van der Waals surface area contributed by atoms with Gasteiger partial charge in [0.2, 0.25) is 17.7 Å². The second-order valence-electron chi connectivity index (χ2n) is 11.1. The highest BCUT2D eigenvalue weighted by Gasteiger charge is 2.21. The average Bonchev–Trinajstić information content (AvgIpc) is 3.10. The summed E-state index contributed by atoms with van der Waals surface area (Å²) in [6.07, 6.45) is 4.02. The molecular formula is C35H50N4O10. The van der Waals surface area contributed by atoms with Gasteiger partial charge in [0.05, 0.1) is 39.3 Å². The van der Waals surface area contributed by atoms with Crippen molar-refractivity contribution < 1.29 is 47.8 Å². The van der Waals surface area contributed by atoms with E-state index in [1.54, 1.807) is 0 Å². The lowest BCUT2D eigenvalue weighted by molar-refractivity contribution is -0.158. The Morgan fingerprint density at radius 2 is 1.24 bits per heavy atom. The monoisotopic (exact) mass is 686 g/mol. The Balaban J connectivity index is 1.69. The average molecular weight is 687 g/mol. The number of unbranched alkanes of at least 4 members (excludes halogenated alkanes) is 1. The van der Waals surface area contributed by atoms with Gasteiger partial charge >= 0.3 is 5.97 Å². The summed E-state index contributed by atoms with van der Waals surface area (Å²) in [7, 11) is 3.02. The second kappa shape index (κ2) is 25.6. The first-order valence-electron chi connectivity index (χ1n) is 16.4. The number of amides is 4. The molecule has 0 radical (unpaired) electrons. The molecule has 0 aliphatic rings. The van der Waals surface area contributed by atoms with E-state index < -0.39 is 35.6 Å². The third-order valence-electron chi connectivity index (χ3n) is 7.06. The molecule has 0 spiro atoms. The number of carbonyl (C=O) groups is 5. The summed E-state index contributed by atoms with van der Waals surface area (Å²) in [5.74, 6) is -2.76. The van der Waals surface area contributed by atoms with Gasteiger partial charge in [-0.2, -0.15) is 5.48 Å². The minimum Gasteiger partial charge on any atom is -0.382 e. The first-order valence-corrected chi connectivity index (χ1v) is 16.4. The molecule has 270 valence electrons. The number of hydrogen-bond acceptors (Lipinski definition) is 10. The zero-order valence-corrected chi connectivity index (χ0v) is 28.5. The highest BCUT2D eigenvalue weighted by atomic mass is 16.7. The van der Waals surface area contributed by atoms with Crippen molar-refractivity contribution in [3.8, 4) is 0 Å². The first kappa shape index (κ1) is 40.8. The van der Waals surface area contributed by atoms with Crippen LogP contribution in [0.25, 0.3) is 0 Å². The van der Waals surface area contributed by atoms with Gasteiger partial charge in [-0.25, -0.2) is 4.79 Å². The summed E-state index contributed by atoms with van der Waals surface area (Å²) in [4.78, 5) is 66.4. The van der Waals surface area contributed by atoms with Crippen molar-refractivity contribution in [2.45, 2.75) is 51.0 Å². The Bertz CT molecular complexity index is 1260. The van der Waals surface area contributed by atoms with E-state index in [4.69, 9.17) is 23.8 Å². The third-order valence-corrected chi connectivity index (χ3v) is 7.06. The summed E-state index contributed by atoms with van der Waals surface area (Å²) < 4.78 is 20.1. The normalized spacial score (nSPS) is 11.3. The van der Waals surface area contributed by atoms with Crippen LogP contribution in [0.2, 0.25) is 0 Å². The van der Waals surface area contributed by atoms with Gasteiger partial charge in [0.15, 0.2) is 0 Å². The molecule has 0 aliphatic heterocycles. The summed E-state index contributed by atoms with van der Waals surface area (Å²) in [5, 5.41) is 7.74. The van der Waals surface area contributed by atoms with E-state index in [0.29, 0.717) is 13.2 Å². The zero-order chi connectivity index (χ0) is 35.5. The quantitative estimate of drug-likeness (QED) is 0.0876. The molecule has 0 aromatic heterocycles. The van der Waals surface area contributed by atoms with Gasteiger partial charge in [-0.15, -0.1) is 0 Å². The van der Waals surface area contributed by atoms with Crippen molar-refractivity contribution in [2.24, 2.45) is 0 Å². The zero-order valence-electron chi connectivity index (χ0n) is 28.5. The molecule has 0 heterocycles. The van der Waals surface area contributed by atoms with Gasteiger partial charge in [-0.3, -0.25) is 19.2 Å². The predicted octanol–water partition coefficient (Wildman–Crippen LogP) is 1.19. The van der Waals surface area contributed by atoms with Crippen LogP contribution in [0.5, 0.6) is 0 Å². The molecule has 1 atom stereocenters. The van der Waals surface area contributed by atoms with Crippen LogP contribution in [0.15, 0.2) is 54.6 Å². The Morgan fingerprint density at radius 1 is 0.653 bits per heavy atom. The van der Waals surface area contributed by atoms with Gasteiger partial charge in [-0.1, -0.05) is 54.6 Å². The van der Waals surface area contributed by atoms with Crippen LogP contribution in [-0.2, 0) is 67.0 Å². The highest BCUT2D eigenvalue weighted by Crippen LogP contribution is 2.11. The molecule has 2 aromatic rings. The van der Waals surface area contributed by atoms with Crippen molar-refractivity contribution >= 4 is 29.6 Å². The van der Waals surface area contributed by atoms with Crippen LogP contribution in [-0.4, -0.2) is 103 Å². The van der Waals surface area contributed by atoms with E-state index >= 15 is 0 Å². The predicted molar refractivity (Wildman–Crippen MR) is 180 cm³/mol. The molecule has 4 N–H and O–H groups in total. The number of hydroxylamine groups is 1. The van der Waals surface area contributed by atoms with Crippen LogP contribution in [0.3, 0.4) is 0 Å². The molecule has 4 amide bonds. The van der Waals surface area contributed by atoms with Crippen LogP contribution in [0.1, 0.15) is 42.4 Å². The fourth-order valence-electron chi connectivity index (χ4n) is 4.45. The second-order valence-corrected chi connectivity index (χ2v) is 11.1. The fraction of sp³-hybridized carbons (Fsp3) is 0.514. The van der Waals surface area contributed by atoms with Crippen molar-refractivity contribution in [2.75, 3.05) is 67.0 Å². The lowest BCUT2D eigenvalue weighted by atomic mass is 10.0. The number of rotatable bonds is 25.